The Morgan fingerprint density at radius 1 is 1.15 bits per heavy atom. The van der Waals surface area contributed by atoms with E-state index in [-0.39, 0.29) is 27.5 Å². The summed E-state index contributed by atoms with van der Waals surface area (Å²) in [4.78, 5) is 46.8. The molecule has 1 aliphatic heterocycles. The molecule has 0 bridgehead atoms. The first kappa shape index (κ1) is 21.7. The lowest BCUT2D eigenvalue weighted by Gasteiger charge is -2.22. The van der Waals surface area contributed by atoms with Crippen molar-refractivity contribution >= 4 is 61.4 Å². The van der Waals surface area contributed by atoms with E-state index in [1.54, 1.807) is 30.3 Å². The number of aliphatic hydroxyl groups is 1. The number of hydrogen-bond acceptors (Lipinski definition) is 8. The fourth-order valence-electron chi connectivity index (χ4n) is 3.82. The second kappa shape index (κ2) is 8.32. The van der Waals surface area contributed by atoms with Crippen LogP contribution in [0.25, 0.3) is 16.0 Å². The van der Waals surface area contributed by atoms with Gasteiger partial charge in [0.05, 0.1) is 26.3 Å². The number of ketones is 1. The number of halogens is 1. The molecule has 11 heteroatoms. The Bertz CT molecular complexity index is 1520. The number of nitro benzene ring substituents is 1. The molecule has 4 aromatic rings. The van der Waals surface area contributed by atoms with Gasteiger partial charge in [0.2, 0.25) is 0 Å². The Hall–Kier alpha value is -4.15. The second-order valence-corrected chi connectivity index (χ2v) is 8.76. The van der Waals surface area contributed by atoms with Crippen LogP contribution in [0.4, 0.5) is 10.8 Å². The van der Waals surface area contributed by atoms with Crippen LogP contribution in [0.1, 0.15) is 17.2 Å². The van der Waals surface area contributed by atoms with Gasteiger partial charge in [-0.1, -0.05) is 41.1 Å². The summed E-state index contributed by atoms with van der Waals surface area (Å²) < 4.78 is 0.689. The standard InChI is InChI=1S/C23H13ClN4O5S/c24-15-7-2-8-16-18(15)26-23(34-16)27-19(12-4-1-6-14(10-12)28(32)33)17(21(30)22(27)31)20(29)13-5-3-9-25-11-13/h1-11,19,29H. The number of nitro groups is 1. The third kappa shape index (κ3) is 3.49. The number of thiazole rings is 1. The van der Waals surface area contributed by atoms with E-state index in [1.807, 2.05) is 0 Å². The lowest BCUT2D eigenvalue weighted by Crippen LogP contribution is -2.29. The van der Waals surface area contributed by atoms with Crippen molar-refractivity contribution in [2.75, 3.05) is 4.90 Å². The maximum absolute atomic E-state index is 13.2. The van der Waals surface area contributed by atoms with Gasteiger partial charge in [-0.25, -0.2) is 4.98 Å². The number of aliphatic hydroxyl groups excluding tert-OH is 1. The highest BCUT2D eigenvalue weighted by atomic mass is 35.5. The number of rotatable bonds is 4. The van der Waals surface area contributed by atoms with Crippen molar-refractivity contribution in [2.45, 2.75) is 6.04 Å². The number of benzene rings is 2. The third-order valence-electron chi connectivity index (χ3n) is 5.34. The zero-order valence-electron chi connectivity index (χ0n) is 17.1. The summed E-state index contributed by atoms with van der Waals surface area (Å²) in [5.74, 6) is -2.30. The smallest absolute Gasteiger partial charge is 0.301 e. The molecule has 1 unspecified atom stereocenters. The number of para-hydroxylation sites is 1. The monoisotopic (exact) mass is 492 g/mol. The number of pyridine rings is 1. The third-order valence-corrected chi connectivity index (χ3v) is 6.67. The number of carbonyl (C=O) groups excluding carboxylic acids is 2. The Labute approximate surface area is 200 Å². The summed E-state index contributed by atoms with van der Waals surface area (Å²) in [6.45, 7) is 0. The molecule has 0 radical (unpaired) electrons. The molecule has 5 rings (SSSR count). The number of hydrogen-bond donors (Lipinski definition) is 1. The summed E-state index contributed by atoms with van der Waals surface area (Å²) in [5, 5.41) is 23.0. The molecule has 1 N–H and O–H groups in total. The van der Waals surface area contributed by atoms with Gasteiger partial charge in [-0.15, -0.1) is 0 Å². The maximum atomic E-state index is 13.2. The van der Waals surface area contributed by atoms with Gasteiger partial charge in [0, 0.05) is 30.1 Å². The van der Waals surface area contributed by atoms with Crippen molar-refractivity contribution in [1.29, 1.82) is 0 Å². The Morgan fingerprint density at radius 3 is 2.65 bits per heavy atom. The molecule has 1 fully saturated rings. The number of aromatic nitrogens is 2. The highest BCUT2D eigenvalue weighted by Gasteiger charge is 2.48. The summed E-state index contributed by atoms with van der Waals surface area (Å²) in [6, 6.07) is 12.7. The first-order valence-corrected chi connectivity index (χ1v) is 11.1. The maximum Gasteiger partial charge on any atom is 0.301 e. The van der Waals surface area contributed by atoms with E-state index in [9.17, 15) is 24.8 Å². The van der Waals surface area contributed by atoms with Gasteiger partial charge in [-0.05, 0) is 29.8 Å². The molecule has 1 saturated heterocycles. The number of fused-ring (bicyclic) bond motifs is 1. The van der Waals surface area contributed by atoms with E-state index >= 15 is 0 Å². The van der Waals surface area contributed by atoms with Gasteiger partial charge in [-0.2, -0.15) is 0 Å². The van der Waals surface area contributed by atoms with Crippen LogP contribution in [-0.4, -0.2) is 31.7 Å². The topological polar surface area (TPSA) is 127 Å². The fourth-order valence-corrected chi connectivity index (χ4v) is 5.11. The number of nitrogens with zero attached hydrogens (tertiary/aromatic N) is 4. The minimum Gasteiger partial charge on any atom is -0.507 e. The van der Waals surface area contributed by atoms with E-state index in [4.69, 9.17) is 11.6 Å². The molecule has 34 heavy (non-hydrogen) atoms. The van der Waals surface area contributed by atoms with Gasteiger partial charge in [-0.3, -0.25) is 29.6 Å². The highest BCUT2D eigenvalue weighted by Crippen LogP contribution is 2.45. The zero-order chi connectivity index (χ0) is 24.0. The molecule has 0 aliphatic carbocycles. The largest absolute Gasteiger partial charge is 0.507 e. The SMILES string of the molecule is O=C1C(=O)N(c2nc3c(Cl)cccc3s2)C(c2cccc([N+](=O)[O-])c2)C1=C(O)c1cccnc1. The van der Waals surface area contributed by atoms with Crippen LogP contribution in [0, 0.1) is 10.1 Å². The van der Waals surface area contributed by atoms with Crippen molar-refractivity contribution in [2.24, 2.45) is 0 Å². The van der Waals surface area contributed by atoms with E-state index in [1.165, 1.54) is 36.7 Å². The molecule has 0 saturated carbocycles. The number of amides is 1. The minimum atomic E-state index is -1.15. The quantitative estimate of drug-likeness (QED) is 0.141. The van der Waals surface area contributed by atoms with Crippen molar-refractivity contribution < 1.29 is 19.6 Å². The summed E-state index contributed by atoms with van der Waals surface area (Å²) in [5.41, 5.74) is 0.504. The van der Waals surface area contributed by atoms with Crippen molar-refractivity contribution in [3.05, 3.63) is 98.8 Å². The van der Waals surface area contributed by atoms with E-state index in [2.05, 4.69) is 9.97 Å². The van der Waals surface area contributed by atoms with Crippen molar-refractivity contribution in [1.82, 2.24) is 9.97 Å². The van der Waals surface area contributed by atoms with E-state index in [0.29, 0.717) is 15.2 Å². The summed E-state index contributed by atoms with van der Waals surface area (Å²) in [7, 11) is 0. The molecule has 3 heterocycles. The van der Waals surface area contributed by atoms with Crippen molar-refractivity contribution in [3.63, 3.8) is 0 Å². The highest BCUT2D eigenvalue weighted by molar-refractivity contribution is 7.22. The Morgan fingerprint density at radius 2 is 1.94 bits per heavy atom. The molecule has 0 spiro atoms. The van der Waals surface area contributed by atoms with Crippen LogP contribution >= 0.6 is 22.9 Å². The molecule has 1 atom stereocenters. The molecular weight excluding hydrogens is 480 g/mol. The first-order valence-electron chi connectivity index (χ1n) is 9.87. The number of anilines is 1. The van der Waals surface area contributed by atoms with Gasteiger partial charge in [0.25, 0.3) is 11.5 Å². The van der Waals surface area contributed by atoms with Crippen LogP contribution in [0.2, 0.25) is 5.02 Å². The normalized spacial score (nSPS) is 17.4. The van der Waals surface area contributed by atoms with Crippen LogP contribution in [0.3, 0.4) is 0 Å². The van der Waals surface area contributed by atoms with E-state index < -0.39 is 28.4 Å². The predicted molar refractivity (Wildman–Crippen MR) is 127 cm³/mol. The summed E-state index contributed by atoms with van der Waals surface area (Å²) in [6.07, 6.45) is 2.85. The average Bonchev–Trinajstić information content (AvgIpc) is 3.39. The average molecular weight is 493 g/mol. The molecule has 2 aromatic heterocycles. The first-order chi connectivity index (χ1) is 16.4. The van der Waals surface area contributed by atoms with Crippen LogP contribution < -0.4 is 4.90 Å². The van der Waals surface area contributed by atoms with Crippen LogP contribution in [0.15, 0.2) is 72.6 Å². The lowest BCUT2D eigenvalue weighted by atomic mass is 9.95. The van der Waals surface area contributed by atoms with Gasteiger partial charge < -0.3 is 5.11 Å². The zero-order valence-corrected chi connectivity index (χ0v) is 18.7. The number of carbonyl (C=O) groups is 2. The molecule has 1 aliphatic rings. The van der Waals surface area contributed by atoms with Gasteiger partial charge in [0.15, 0.2) is 5.13 Å². The van der Waals surface area contributed by atoms with E-state index in [0.717, 1.165) is 16.2 Å². The Balaban J connectivity index is 1.77. The van der Waals surface area contributed by atoms with Crippen LogP contribution in [0.5, 0.6) is 0 Å². The number of Topliss-reactive ketones (excluding diaryl/α,β-unsaturated/α-hetero) is 1. The second-order valence-electron chi connectivity index (χ2n) is 7.35. The fraction of sp³-hybridized carbons (Fsp3) is 0.0435. The molecule has 9 nitrogen and oxygen atoms in total. The number of non-ortho nitro benzene ring substituents is 1. The minimum absolute atomic E-state index is 0.173. The Kier molecular flexibility index (Phi) is 5.31. The van der Waals surface area contributed by atoms with Gasteiger partial charge >= 0.3 is 5.91 Å². The van der Waals surface area contributed by atoms with Crippen LogP contribution in [-0.2, 0) is 9.59 Å². The molecule has 2 aromatic carbocycles. The van der Waals surface area contributed by atoms with Gasteiger partial charge in [0.1, 0.15) is 11.3 Å². The molecular formula is C23H13ClN4O5S. The summed E-state index contributed by atoms with van der Waals surface area (Å²) >= 11 is 7.39. The van der Waals surface area contributed by atoms with Crippen molar-refractivity contribution in [3.8, 4) is 0 Å². The molecule has 168 valence electrons. The lowest BCUT2D eigenvalue weighted by molar-refractivity contribution is -0.384. The molecule has 1 amide bonds. The predicted octanol–water partition coefficient (Wildman–Crippen LogP) is 4.88.